The first-order valence-corrected chi connectivity index (χ1v) is 17.9. The van der Waals surface area contributed by atoms with Gasteiger partial charge in [-0.3, -0.25) is 28.4 Å². The van der Waals surface area contributed by atoms with Crippen molar-refractivity contribution in [2.45, 2.75) is 45.7 Å². The lowest BCUT2D eigenvalue weighted by molar-refractivity contribution is -0.140. The van der Waals surface area contributed by atoms with Crippen LogP contribution in [-0.2, 0) is 60.2 Å². The smallest absolute Gasteiger partial charge is 0.379 e. The standard InChI is InChI=1S/C22H43N2O16P3/c1-18-17-20(26)24(21(18)27)7-10-35-12-14-37-16-15-36-13-11-34-8-5-19(25)23-6-9-38-42(30,31)40-43(32,33)39-41(28,29)22(2,3)4/h18H,5-17H2,1-4H3,(H,23,25)(H,28,29)(H,30,31)(H,32,33). The molecule has 18 nitrogen and oxygen atoms in total. The van der Waals surface area contributed by atoms with Crippen molar-refractivity contribution in [1.29, 1.82) is 0 Å². The van der Waals surface area contributed by atoms with Crippen LogP contribution in [-0.4, -0.2) is 115 Å². The minimum atomic E-state index is -5.44. The first-order chi connectivity index (χ1) is 19.9. The van der Waals surface area contributed by atoms with Crippen LogP contribution in [0, 0.1) is 5.92 Å². The van der Waals surface area contributed by atoms with Gasteiger partial charge in [0.1, 0.15) is 0 Å². The van der Waals surface area contributed by atoms with Gasteiger partial charge in [-0.25, -0.2) is 13.4 Å². The molecule has 1 rings (SSSR count). The van der Waals surface area contributed by atoms with E-state index in [2.05, 4.69) is 18.5 Å². The average Bonchev–Trinajstić information content (AvgIpc) is 3.10. The molecule has 0 aromatic carbocycles. The van der Waals surface area contributed by atoms with Gasteiger partial charge >= 0.3 is 23.2 Å². The van der Waals surface area contributed by atoms with E-state index in [0.717, 1.165) is 0 Å². The summed E-state index contributed by atoms with van der Waals surface area (Å²) in [6.07, 6.45) is 0.206. The fourth-order valence-corrected chi connectivity index (χ4v) is 7.08. The average molecular weight is 685 g/mol. The van der Waals surface area contributed by atoms with Gasteiger partial charge < -0.3 is 38.9 Å². The van der Waals surface area contributed by atoms with Gasteiger partial charge in [-0.15, -0.1) is 0 Å². The van der Waals surface area contributed by atoms with E-state index in [9.17, 15) is 42.8 Å². The van der Waals surface area contributed by atoms with Crippen LogP contribution >= 0.6 is 23.2 Å². The Labute approximate surface area is 250 Å². The first-order valence-electron chi connectivity index (χ1n) is 13.3. The number of carbonyl (C=O) groups is 3. The molecule has 0 saturated carbocycles. The highest BCUT2D eigenvalue weighted by molar-refractivity contribution is 7.68. The maximum atomic E-state index is 12.0. The van der Waals surface area contributed by atoms with Gasteiger partial charge in [-0.2, -0.15) is 4.31 Å². The Balaban J connectivity index is 1.98. The highest BCUT2D eigenvalue weighted by atomic mass is 31.3. The summed E-state index contributed by atoms with van der Waals surface area (Å²) < 4.78 is 69.6. The lowest BCUT2D eigenvalue weighted by Crippen LogP contribution is -2.33. The van der Waals surface area contributed by atoms with Crippen molar-refractivity contribution in [2.75, 3.05) is 72.6 Å². The summed E-state index contributed by atoms with van der Waals surface area (Å²) in [6.45, 7) is 6.91. The van der Waals surface area contributed by atoms with E-state index in [-0.39, 0.29) is 70.1 Å². The number of hydrogen-bond donors (Lipinski definition) is 4. The molecule has 4 N–H and O–H groups in total. The van der Waals surface area contributed by atoms with Crippen molar-refractivity contribution in [1.82, 2.24) is 10.2 Å². The molecule has 0 aliphatic carbocycles. The predicted molar refractivity (Wildman–Crippen MR) is 149 cm³/mol. The number of amides is 3. The molecule has 1 fully saturated rings. The Morgan fingerprint density at radius 1 is 0.837 bits per heavy atom. The highest BCUT2D eigenvalue weighted by Crippen LogP contribution is 2.70. The Morgan fingerprint density at radius 3 is 1.84 bits per heavy atom. The maximum Gasteiger partial charge on any atom is 0.488 e. The van der Waals surface area contributed by atoms with Crippen LogP contribution in [0.2, 0.25) is 0 Å². The summed E-state index contributed by atoms with van der Waals surface area (Å²) in [5.74, 6) is -1.09. The molecule has 21 heteroatoms. The Bertz CT molecular complexity index is 1050. The maximum absolute atomic E-state index is 12.0. The molecule has 1 aliphatic heterocycles. The zero-order valence-electron chi connectivity index (χ0n) is 24.7. The third kappa shape index (κ3) is 16.7. The molecule has 43 heavy (non-hydrogen) atoms. The summed E-state index contributed by atoms with van der Waals surface area (Å²) in [4.78, 5) is 65.3. The summed E-state index contributed by atoms with van der Waals surface area (Å²) in [5.41, 5.74) is 0. The molecule has 0 aromatic rings. The normalized spacial score (nSPS) is 20.1. The molecule has 1 aliphatic rings. The van der Waals surface area contributed by atoms with Crippen LogP contribution in [0.1, 0.15) is 40.5 Å². The number of hydrogen-bond acceptors (Lipinski definition) is 13. The number of rotatable bonds is 23. The van der Waals surface area contributed by atoms with E-state index in [4.69, 9.17) is 18.9 Å². The monoisotopic (exact) mass is 684 g/mol. The molecule has 0 spiro atoms. The van der Waals surface area contributed by atoms with Crippen LogP contribution in [0.3, 0.4) is 0 Å². The second kappa shape index (κ2) is 18.8. The zero-order chi connectivity index (χ0) is 32.7. The molecular formula is C22H43N2O16P3. The van der Waals surface area contributed by atoms with Gasteiger partial charge in [0.15, 0.2) is 0 Å². The molecule has 252 valence electrons. The number of phosphoric ester groups is 1. The number of nitrogens with one attached hydrogen (secondary N) is 1. The highest BCUT2D eigenvalue weighted by Gasteiger charge is 2.46. The fraction of sp³-hybridized carbons (Fsp3) is 0.864. The molecule has 0 bridgehead atoms. The van der Waals surface area contributed by atoms with E-state index in [0.29, 0.717) is 26.4 Å². The summed E-state index contributed by atoms with van der Waals surface area (Å²) >= 11 is 0. The van der Waals surface area contributed by atoms with Gasteiger partial charge in [0.25, 0.3) is 0 Å². The van der Waals surface area contributed by atoms with Crippen LogP contribution in [0.4, 0.5) is 0 Å². The summed E-state index contributed by atoms with van der Waals surface area (Å²) in [5, 5.41) is 0.903. The van der Waals surface area contributed by atoms with Crippen molar-refractivity contribution in [3.63, 3.8) is 0 Å². The third-order valence-electron chi connectivity index (χ3n) is 5.46. The van der Waals surface area contributed by atoms with Crippen LogP contribution in [0.25, 0.3) is 0 Å². The Morgan fingerprint density at radius 2 is 1.35 bits per heavy atom. The van der Waals surface area contributed by atoms with Gasteiger partial charge in [0.05, 0.1) is 71.2 Å². The largest absolute Gasteiger partial charge is 0.488 e. The van der Waals surface area contributed by atoms with Crippen LogP contribution in [0.15, 0.2) is 0 Å². The number of nitrogens with zero attached hydrogens (tertiary/aromatic N) is 1. The lowest BCUT2D eigenvalue weighted by atomic mass is 10.1. The van der Waals surface area contributed by atoms with Crippen molar-refractivity contribution in [2.24, 2.45) is 5.92 Å². The molecular weight excluding hydrogens is 641 g/mol. The topological polar surface area (TPSA) is 243 Å². The minimum Gasteiger partial charge on any atom is -0.379 e. The van der Waals surface area contributed by atoms with Gasteiger partial charge in [0, 0.05) is 25.3 Å². The molecule has 4 atom stereocenters. The Hall–Kier alpha value is -1.10. The summed E-state index contributed by atoms with van der Waals surface area (Å²) in [7, 11) is -15.3. The van der Waals surface area contributed by atoms with Crippen molar-refractivity contribution < 1.29 is 74.9 Å². The quantitative estimate of drug-likeness (QED) is 0.0671. The number of likely N-dealkylation sites (tertiary alicyclic amines) is 1. The minimum absolute atomic E-state index is 0.0340. The Kier molecular flexibility index (Phi) is 17.4. The third-order valence-corrected chi connectivity index (χ3v) is 11.0. The molecule has 4 unspecified atom stereocenters. The van der Waals surface area contributed by atoms with Crippen molar-refractivity contribution in [3.05, 3.63) is 0 Å². The number of phosphoric acid groups is 2. The number of ether oxygens (including phenoxy) is 4. The van der Waals surface area contributed by atoms with Crippen LogP contribution < -0.4 is 5.32 Å². The van der Waals surface area contributed by atoms with E-state index >= 15 is 0 Å². The van der Waals surface area contributed by atoms with E-state index < -0.39 is 40.9 Å². The van der Waals surface area contributed by atoms with Crippen molar-refractivity contribution >= 4 is 41.0 Å². The molecule has 0 aromatic heterocycles. The predicted octanol–water partition coefficient (Wildman–Crippen LogP) is 1.19. The lowest BCUT2D eigenvalue weighted by Gasteiger charge is -2.26. The molecule has 1 saturated heterocycles. The molecule has 3 amide bonds. The molecule has 1 heterocycles. The first kappa shape index (κ1) is 39.9. The zero-order valence-corrected chi connectivity index (χ0v) is 27.4. The summed E-state index contributed by atoms with van der Waals surface area (Å²) in [6, 6.07) is 0. The number of carbonyl (C=O) groups excluding carboxylic acids is 3. The van der Waals surface area contributed by atoms with Gasteiger partial charge in [0.2, 0.25) is 17.7 Å². The van der Waals surface area contributed by atoms with E-state index in [1.165, 1.54) is 25.7 Å². The van der Waals surface area contributed by atoms with E-state index in [1.807, 2.05) is 0 Å². The van der Waals surface area contributed by atoms with Crippen molar-refractivity contribution in [3.8, 4) is 0 Å². The SMILES string of the molecule is CC1CC(=O)N(CCOCCOCCOCCOCCC(=O)NCCOP(=O)(O)OP(=O)(O)OP(=O)(O)C(C)(C)C)C1=O. The van der Waals surface area contributed by atoms with Gasteiger partial charge in [-0.1, -0.05) is 6.92 Å². The van der Waals surface area contributed by atoms with E-state index in [1.54, 1.807) is 6.92 Å². The van der Waals surface area contributed by atoms with Crippen LogP contribution in [0.5, 0.6) is 0 Å². The second-order valence-corrected chi connectivity index (χ2v) is 16.0. The fourth-order valence-electron chi connectivity index (χ4n) is 3.04. The van der Waals surface area contributed by atoms with Gasteiger partial charge in [-0.05, 0) is 20.8 Å². The second-order valence-electron chi connectivity index (χ2n) is 10.2. The molecule has 0 radical (unpaired) electrons. The number of imide groups is 1.